The fourth-order valence-corrected chi connectivity index (χ4v) is 1.93. The van der Waals surface area contributed by atoms with E-state index in [0.717, 1.165) is 12.4 Å². The summed E-state index contributed by atoms with van der Waals surface area (Å²) in [5.41, 5.74) is 0. The maximum atomic E-state index is 5.77. The molecule has 1 heterocycles. The van der Waals surface area contributed by atoms with Gasteiger partial charge in [-0.15, -0.1) is 22.9 Å². The van der Waals surface area contributed by atoms with Gasteiger partial charge in [-0.1, -0.05) is 13.0 Å². The fourth-order valence-electron chi connectivity index (χ4n) is 1.01. The van der Waals surface area contributed by atoms with Crippen LogP contribution in [-0.2, 0) is 6.54 Å². The first kappa shape index (κ1) is 11.0. The van der Waals surface area contributed by atoms with E-state index in [4.69, 9.17) is 11.6 Å². The van der Waals surface area contributed by atoms with Gasteiger partial charge in [0, 0.05) is 23.3 Å². The second-order valence-electron chi connectivity index (χ2n) is 3.38. The highest BCUT2D eigenvalue weighted by atomic mass is 35.5. The Morgan fingerprint density at radius 2 is 2.31 bits per heavy atom. The summed E-state index contributed by atoms with van der Waals surface area (Å²) in [6, 6.07) is 4.71. The van der Waals surface area contributed by atoms with Crippen molar-refractivity contribution >= 4 is 22.9 Å². The molecule has 0 bridgehead atoms. The SMILES string of the molecule is CC(CCl)C(C)NCc1cccs1. The molecule has 0 aromatic carbocycles. The molecule has 0 aliphatic rings. The lowest BCUT2D eigenvalue weighted by Gasteiger charge is -2.18. The Bertz CT molecular complexity index is 223. The quantitative estimate of drug-likeness (QED) is 0.748. The van der Waals surface area contributed by atoms with E-state index in [-0.39, 0.29) is 0 Å². The number of nitrogens with one attached hydrogen (secondary N) is 1. The van der Waals surface area contributed by atoms with Gasteiger partial charge in [0.25, 0.3) is 0 Å². The molecular formula is C10H16ClNS. The van der Waals surface area contributed by atoms with Gasteiger partial charge in [-0.3, -0.25) is 0 Å². The van der Waals surface area contributed by atoms with Gasteiger partial charge in [-0.05, 0) is 24.3 Å². The molecule has 2 unspecified atom stereocenters. The Morgan fingerprint density at radius 1 is 1.54 bits per heavy atom. The van der Waals surface area contributed by atoms with Crippen LogP contribution in [0.1, 0.15) is 18.7 Å². The molecule has 0 amide bonds. The maximum absolute atomic E-state index is 5.77. The molecule has 1 nitrogen and oxygen atoms in total. The van der Waals surface area contributed by atoms with Gasteiger partial charge >= 0.3 is 0 Å². The molecule has 2 atom stereocenters. The van der Waals surface area contributed by atoms with Crippen LogP contribution in [0.2, 0.25) is 0 Å². The van der Waals surface area contributed by atoms with Crippen molar-refractivity contribution in [3.8, 4) is 0 Å². The van der Waals surface area contributed by atoms with Gasteiger partial charge in [0.2, 0.25) is 0 Å². The van der Waals surface area contributed by atoms with E-state index in [9.17, 15) is 0 Å². The summed E-state index contributed by atoms with van der Waals surface area (Å²) in [4.78, 5) is 1.38. The molecule has 0 aliphatic carbocycles. The molecule has 0 aliphatic heterocycles. The third-order valence-corrected chi connectivity index (χ3v) is 3.64. The van der Waals surface area contributed by atoms with E-state index in [1.165, 1.54) is 4.88 Å². The number of rotatable bonds is 5. The largest absolute Gasteiger partial charge is 0.309 e. The molecule has 13 heavy (non-hydrogen) atoms. The number of hydrogen-bond donors (Lipinski definition) is 1. The molecule has 0 saturated heterocycles. The standard InChI is InChI=1S/C10H16ClNS/c1-8(6-11)9(2)12-7-10-4-3-5-13-10/h3-5,8-9,12H,6-7H2,1-2H3. The zero-order valence-corrected chi connectivity index (χ0v) is 9.66. The average Bonchev–Trinajstić information content (AvgIpc) is 2.65. The predicted octanol–water partition coefficient (Wildman–Crippen LogP) is 3.10. The zero-order valence-electron chi connectivity index (χ0n) is 8.09. The van der Waals surface area contributed by atoms with Gasteiger partial charge in [-0.25, -0.2) is 0 Å². The van der Waals surface area contributed by atoms with Crippen LogP contribution >= 0.6 is 22.9 Å². The summed E-state index contributed by atoms with van der Waals surface area (Å²) < 4.78 is 0. The molecule has 1 aromatic rings. The van der Waals surface area contributed by atoms with Crippen LogP contribution in [0.15, 0.2) is 17.5 Å². The van der Waals surface area contributed by atoms with Crippen molar-refractivity contribution in [2.45, 2.75) is 26.4 Å². The Labute approximate surface area is 89.1 Å². The van der Waals surface area contributed by atoms with E-state index in [1.807, 2.05) is 0 Å². The van der Waals surface area contributed by atoms with Crippen LogP contribution in [0.3, 0.4) is 0 Å². The average molecular weight is 218 g/mol. The molecule has 0 fully saturated rings. The topological polar surface area (TPSA) is 12.0 Å². The first-order chi connectivity index (χ1) is 6.24. The normalized spacial score (nSPS) is 15.6. The molecule has 1 N–H and O–H groups in total. The highest BCUT2D eigenvalue weighted by Gasteiger charge is 2.09. The fraction of sp³-hybridized carbons (Fsp3) is 0.600. The van der Waals surface area contributed by atoms with E-state index < -0.39 is 0 Å². The lowest BCUT2D eigenvalue weighted by molar-refractivity contribution is 0.431. The van der Waals surface area contributed by atoms with Crippen molar-refractivity contribution in [1.29, 1.82) is 0 Å². The molecule has 0 radical (unpaired) electrons. The van der Waals surface area contributed by atoms with Crippen molar-refractivity contribution in [1.82, 2.24) is 5.32 Å². The van der Waals surface area contributed by atoms with Gasteiger partial charge in [0.1, 0.15) is 0 Å². The molecule has 74 valence electrons. The van der Waals surface area contributed by atoms with Crippen molar-refractivity contribution in [3.63, 3.8) is 0 Å². The Balaban J connectivity index is 2.26. The summed E-state index contributed by atoms with van der Waals surface area (Å²) in [5.74, 6) is 1.25. The Hall–Kier alpha value is -0.0500. The predicted molar refractivity (Wildman–Crippen MR) is 60.5 cm³/mol. The van der Waals surface area contributed by atoms with E-state index in [0.29, 0.717) is 12.0 Å². The third-order valence-electron chi connectivity index (χ3n) is 2.28. The van der Waals surface area contributed by atoms with Gasteiger partial charge in [0.15, 0.2) is 0 Å². The van der Waals surface area contributed by atoms with Crippen molar-refractivity contribution in [2.24, 2.45) is 5.92 Å². The highest BCUT2D eigenvalue weighted by Crippen LogP contribution is 2.10. The first-order valence-electron chi connectivity index (χ1n) is 4.55. The first-order valence-corrected chi connectivity index (χ1v) is 5.97. The van der Waals surface area contributed by atoms with Crippen molar-refractivity contribution < 1.29 is 0 Å². The van der Waals surface area contributed by atoms with Crippen LogP contribution in [0.25, 0.3) is 0 Å². The van der Waals surface area contributed by atoms with E-state index in [1.54, 1.807) is 11.3 Å². The molecule has 3 heteroatoms. The zero-order chi connectivity index (χ0) is 9.68. The third kappa shape index (κ3) is 3.67. The smallest absolute Gasteiger partial charge is 0.0302 e. The molecule has 0 saturated carbocycles. The minimum atomic E-state index is 0.486. The monoisotopic (exact) mass is 217 g/mol. The molecule has 0 spiro atoms. The summed E-state index contributed by atoms with van der Waals surface area (Å²) in [6.07, 6.45) is 0. The number of halogens is 1. The van der Waals surface area contributed by atoms with Crippen molar-refractivity contribution in [2.75, 3.05) is 5.88 Å². The Morgan fingerprint density at radius 3 is 2.85 bits per heavy atom. The van der Waals surface area contributed by atoms with Crippen LogP contribution < -0.4 is 5.32 Å². The summed E-state index contributed by atoms with van der Waals surface area (Å²) in [5, 5.41) is 5.57. The molecule has 1 aromatic heterocycles. The van der Waals surface area contributed by atoms with Gasteiger partial charge in [-0.2, -0.15) is 0 Å². The maximum Gasteiger partial charge on any atom is 0.0302 e. The minimum Gasteiger partial charge on any atom is -0.309 e. The lowest BCUT2D eigenvalue weighted by Crippen LogP contribution is -2.32. The number of alkyl halides is 1. The van der Waals surface area contributed by atoms with Gasteiger partial charge < -0.3 is 5.32 Å². The summed E-state index contributed by atoms with van der Waals surface area (Å²) in [7, 11) is 0. The van der Waals surface area contributed by atoms with E-state index >= 15 is 0 Å². The van der Waals surface area contributed by atoms with E-state index in [2.05, 4.69) is 36.7 Å². The van der Waals surface area contributed by atoms with Crippen LogP contribution in [0.4, 0.5) is 0 Å². The van der Waals surface area contributed by atoms with Crippen LogP contribution in [-0.4, -0.2) is 11.9 Å². The lowest BCUT2D eigenvalue weighted by atomic mass is 10.1. The van der Waals surface area contributed by atoms with Gasteiger partial charge in [0.05, 0.1) is 0 Å². The highest BCUT2D eigenvalue weighted by molar-refractivity contribution is 7.09. The van der Waals surface area contributed by atoms with Crippen LogP contribution in [0.5, 0.6) is 0 Å². The second kappa shape index (κ2) is 5.63. The summed E-state index contributed by atoms with van der Waals surface area (Å²) in [6.45, 7) is 5.31. The minimum absolute atomic E-state index is 0.486. The number of thiophene rings is 1. The number of hydrogen-bond acceptors (Lipinski definition) is 2. The Kier molecular flexibility index (Phi) is 4.78. The molecular weight excluding hydrogens is 202 g/mol. The summed E-state index contributed by atoms with van der Waals surface area (Å²) >= 11 is 7.56. The van der Waals surface area contributed by atoms with Crippen LogP contribution in [0, 0.1) is 5.92 Å². The molecule has 1 rings (SSSR count). The van der Waals surface area contributed by atoms with Crippen molar-refractivity contribution in [3.05, 3.63) is 22.4 Å². The second-order valence-corrected chi connectivity index (χ2v) is 4.72.